The Hall–Kier alpha value is -2.52. The fraction of sp³-hybridized carbons (Fsp3) is 0.474. The summed E-state index contributed by atoms with van der Waals surface area (Å²) in [7, 11) is 1.70. The second kappa shape index (κ2) is 7.48. The molecule has 0 N–H and O–H groups in total. The first-order chi connectivity index (χ1) is 13.5. The van der Waals surface area contributed by atoms with Crippen LogP contribution >= 0.6 is 12.2 Å². The fourth-order valence-electron chi connectivity index (χ4n) is 3.86. The van der Waals surface area contributed by atoms with Crippen LogP contribution in [0.3, 0.4) is 0 Å². The molecule has 4 rings (SSSR count). The highest BCUT2D eigenvalue weighted by Crippen LogP contribution is 2.19. The van der Waals surface area contributed by atoms with Crippen molar-refractivity contribution in [3.05, 3.63) is 39.4 Å². The van der Waals surface area contributed by atoms with Crippen molar-refractivity contribution in [1.29, 1.82) is 0 Å². The largest absolute Gasteiger partial charge is 0.466 e. The Morgan fingerprint density at radius 3 is 2.93 bits per heavy atom. The van der Waals surface area contributed by atoms with Crippen LogP contribution in [0.4, 0.5) is 0 Å². The molecular weight excluding hydrogens is 378 g/mol. The summed E-state index contributed by atoms with van der Waals surface area (Å²) in [5, 5.41) is 5.21. The Bertz CT molecular complexity index is 1160. The minimum atomic E-state index is -0.140. The van der Waals surface area contributed by atoms with E-state index in [0.717, 1.165) is 24.9 Å². The molecule has 8 nitrogen and oxygen atoms in total. The van der Waals surface area contributed by atoms with Gasteiger partial charge in [0.05, 0.1) is 30.1 Å². The zero-order valence-electron chi connectivity index (χ0n) is 16.0. The molecule has 1 aliphatic rings. The normalized spacial score (nSPS) is 18.0. The average Bonchev–Trinajstić information content (AvgIpc) is 3.03. The number of carbonyl (C=O) groups excluding carboxylic acids is 1. The maximum Gasteiger partial charge on any atom is 0.310 e. The summed E-state index contributed by atoms with van der Waals surface area (Å²) in [4.78, 5) is 26.9. The molecule has 148 valence electrons. The third-order valence-corrected chi connectivity index (χ3v) is 5.65. The molecule has 0 bridgehead atoms. The van der Waals surface area contributed by atoms with Crippen molar-refractivity contribution in [2.75, 3.05) is 19.7 Å². The van der Waals surface area contributed by atoms with Gasteiger partial charge in [0.15, 0.2) is 0 Å². The standard InChI is InChI=1S/C19H23N5O3S/c1-3-27-17(26)13-7-6-10-22(11-13)12-23-19(28)24-15-9-5-4-8-14(15)16(25)21(2)18(24)20-23/h4-5,8-9,13H,3,6-7,10-12H2,1-2H3. The Morgan fingerprint density at radius 1 is 1.36 bits per heavy atom. The summed E-state index contributed by atoms with van der Waals surface area (Å²) in [6, 6.07) is 7.40. The number of para-hydroxylation sites is 1. The van der Waals surface area contributed by atoms with E-state index in [4.69, 9.17) is 17.0 Å². The number of fused-ring (bicyclic) bond motifs is 3. The van der Waals surface area contributed by atoms with Crippen molar-refractivity contribution >= 4 is 34.9 Å². The number of ether oxygens (including phenoxy) is 1. The number of hydrogen-bond donors (Lipinski definition) is 0. The van der Waals surface area contributed by atoms with Crippen molar-refractivity contribution < 1.29 is 9.53 Å². The first-order valence-electron chi connectivity index (χ1n) is 9.47. The van der Waals surface area contributed by atoms with E-state index < -0.39 is 0 Å². The minimum Gasteiger partial charge on any atom is -0.466 e. The van der Waals surface area contributed by atoms with Gasteiger partial charge in [-0.3, -0.25) is 23.5 Å². The van der Waals surface area contributed by atoms with E-state index in [1.165, 1.54) is 4.57 Å². The highest BCUT2D eigenvalue weighted by Gasteiger charge is 2.27. The number of benzene rings is 1. The van der Waals surface area contributed by atoms with E-state index in [9.17, 15) is 9.59 Å². The van der Waals surface area contributed by atoms with Crippen molar-refractivity contribution in [2.24, 2.45) is 13.0 Å². The highest BCUT2D eigenvalue weighted by atomic mass is 32.1. The molecular formula is C19H23N5O3S. The van der Waals surface area contributed by atoms with Gasteiger partial charge >= 0.3 is 5.97 Å². The average molecular weight is 401 g/mol. The van der Waals surface area contributed by atoms with Gasteiger partial charge in [0.1, 0.15) is 0 Å². The van der Waals surface area contributed by atoms with E-state index in [1.807, 2.05) is 29.5 Å². The van der Waals surface area contributed by atoms with Gasteiger partial charge in [-0.2, -0.15) is 0 Å². The number of rotatable bonds is 4. The summed E-state index contributed by atoms with van der Waals surface area (Å²) in [5.74, 6) is 0.247. The summed E-state index contributed by atoms with van der Waals surface area (Å²) >= 11 is 5.68. The monoisotopic (exact) mass is 401 g/mol. The maximum absolute atomic E-state index is 12.6. The molecule has 0 spiro atoms. The van der Waals surface area contributed by atoms with Crippen LogP contribution in [-0.4, -0.2) is 49.3 Å². The molecule has 1 atom stereocenters. The molecule has 0 saturated carbocycles. The van der Waals surface area contributed by atoms with E-state index in [0.29, 0.717) is 35.8 Å². The van der Waals surface area contributed by atoms with E-state index in [1.54, 1.807) is 17.8 Å². The lowest BCUT2D eigenvalue weighted by Crippen LogP contribution is -2.40. The quantitative estimate of drug-likeness (QED) is 0.491. The van der Waals surface area contributed by atoms with Gasteiger partial charge in [-0.05, 0) is 50.7 Å². The minimum absolute atomic E-state index is 0.101. The lowest BCUT2D eigenvalue weighted by molar-refractivity contribution is -0.150. The van der Waals surface area contributed by atoms with E-state index in [2.05, 4.69) is 10.00 Å². The van der Waals surface area contributed by atoms with Crippen molar-refractivity contribution in [3.63, 3.8) is 0 Å². The van der Waals surface area contributed by atoms with E-state index >= 15 is 0 Å². The molecule has 2 aromatic heterocycles. The second-order valence-corrected chi connectivity index (χ2v) is 7.47. The molecule has 0 aliphatic carbocycles. The van der Waals surface area contributed by atoms with Gasteiger partial charge in [-0.15, -0.1) is 5.10 Å². The molecule has 28 heavy (non-hydrogen) atoms. The summed E-state index contributed by atoms with van der Waals surface area (Å²) in [6.45, 7) is 4.18. The van der Waals surface area contributed by atoms with Gasteiger partial charge < -0.3 is 4.74 Å². The molecule has 1 saturated heterocycles. The van der Waals surface area contributed by atoms with Crippen molar-refractivity contribution in [1.82, 2.24) is 23.6 Å². The van der Waals surface area contributed by atoms with Gasteiger partial charge in [-0.1, -0.05) is 12.1 Å². The van der Waals surface area contributed by atoms with Gasteiger partial charge in [0.25, 0.3) is 5.56 Å². The third kappa shape index (κ3) is 3.14. The number of hydrogen-bond acceptors (Lipinski definition) is 6. The summed E-state index contributed by atoms with van der Waals surface area (Å²) in [5.41, 5.74) is 0.649. The SMILES string of the molecule is CCOC(=O)C1CCCN(Cn2nc3n(C)c(=O)c4ccccc4n3c2=S)C1. The highest BCUT2D eigenvalue weighted by molar-refractivity contribution is 7.71. The number of esters is 1. The van der Waals surface area contributed by atoms with Gasteiger partial charge in [-0.25, -0.2) is 4.68 Å². The Labute approximate surface area is 166 Å². The maximum atomic E-state index is 12.6. The predicted octanol–water partition coefficient (Wildman–Crippen LogP) is 1.95. The van der Waals surface area contributed by atoms with Gasteiger partial charge in [0, 0.05) is 13.6 Å². The topological polar surface area (TPSA) is 73.8 Å². The summed E-state index contributed by atoms with van der Waals surface area (Å²) in [6.07, 6.45) is 1.76. The van der Waals surface area contributed by atoms with Crippen LogP contribution < -0.4 is 5.56 Å². The molecule has 1 aromatic carbocycles. The van der Waals surface area contributed by atoms with Crippen LogP contribution in [0.5, 0.6) is 0 Å². The number of aryl methyl sites for hydroxylation is 1. The molecule has 3 aromatic rings. The van der Waals surface area contributed by atoms with Crippen molar-refractivity contribution in [3.8, 4) is 0 Å². The van der Waals surface area contributed by atoms with Crippen LogP contribution in [-0.2, 0) is 23.2 Å². The molecule has 1 aliphatic heterocycles. The predicted molar refractivity (Wildman–Crippen MR) is 108 cm³/mol. The summed E-state index contributed by atoms with van der Waals surface area (Å²) < 4.78 is 10.8. The second-order valence-electron chi connectivity index (χ2n) is 7.11. The first-order valence-corrected chi connectivity index (χ1v) is 9.88. The van der Waals surface area contributed by atoms with Crippen LogP contribution in [0.25, 0.3) is 16.7 Å². The number of likely N-dealkylation sites (tertiary alicyclic amines) is 1. The number of nitrogens with zero attached hydrogens (tertiary/aromatic N) is 5. The Morgan fingerprint density at radius 2 is 2.14 bits per heavy atom. The Balaban J connectivity index is 1.71. The van der Waals surface area contributed by atoms with Crippen LogP contribution in [0.2, 0.25) is 0 Å². The molecule has 0 radical (unpaired) electrons. The number of carbonyl (C=O) groups is 1. The molecule has 9 heteroatoms. The van der Waals surface area contributed by atoms with Crippen LogP contribution in [0.1, 0.15) is 19.8 Å². The number of aromatic nitrogens is 4. The van der Waals surface area contributed by atoms with Crippen molar-refractivity contribution in [2.45, 2.75) is 26.4 Å². The van der Waals surface area contributed by atoms with Gasteiger partial charge in [0.2, 0.25) is 10.5 Å². The zero-order valence-corrected chi connectivity index (χ0v) is 16.8. The molecule has 0 amide bonds. The van der Waals surface area contributed by atoms with Crippen LogP contribution in [0.15, 0.2) is 29.1 Å². The molecule has 1 fully saturated rings. The lowest BCUT2D eigenvalue weighted by atomic mass is 9.99. The smallest absolute Gasteiger partial charge is 0.310 e. The molecule has 3 heterocycles. The first kappa shape index (κ1) is 18.8. The molecule has 1 unspecified atom stereocenters. The lowest BCUT2D eigenvalue weighted by Gasteiger charge is -2.30. The van der Waals surface area contributed by atoms with Crippen LogP contribution in [0, 0.1) is 10.7 Å². The zero-order chi connectivity index (χ0) is 19.8. The number of piperidine rings is 1. The van der Waals surface area contributed by atoms with E-state index in [-0.39, 0.29) is 17.4 Å². The Kier molecular flexibility index (Phi) is 5.03. The third-order valence-electron chi connectivity index (χ3n) is 5.26. The fourth-order valence-corrected chi connectivity index (χ4v) is 4.14.